The summed E-state index contributed by atoms with van der Waals surface area (Å²) in [5.41, 5.74) is 14.1. The monoisotopic (exact) mass is 719 g/mol. The smallest absolute Gasteiger partial charge is 0.302 e. The molecule has 3 heterocycles. The lowest BCUT2D eigenvalue weighted by Crippen LogP contribution is -2.37. The number of fused-ring (bicyclic) bond motifs is 6. The number of rotatable bonds is 8. The molecule has 0 amide bonds. The minimum absolute atomic E-state index is 0.00261. The van der Waals surface area contributed by atoms with Crippen LogP contribution in [-0.2, 0) is 27.8 Å². The van der Waals surface area contributed by atoms with Crippen molar-refractivity contribution in [2.24, 2.45) is 11.7 Å². The molecule has 0 radical (unpaired) electrons. The van der Waals surface area contributed by atoms with Gasteiger partial charge in [-0.05, 0) is 97.5 Å². The lowest BCUT2D eigenvalue weighted by atomic mass is 9.65. The highest BCUT2D eigenvalue weighted by Crippen LogP contribution is 2.62. The average Bonchev–Trinajstić information content (AvgIpc) is 3.69. The molecule has 11 heteroatoms. The van der Waals surface area contributed by atoms with Crippen LogP contribution in [0.4, 0.5) is 0 Å². The van der Waals surface area contributed by atoms with E-state index in [1.807, 2.05) is 31.3 Å². The third-order valence-electron chi connectivity index (χ3n) is 11.4. The largest absolute Gasteiger partial charge is 0.508 e. The molecule has 11 nitrogen and oxygen atoms in total. The van der Waals surface area contributed by atoms with Gasteiger partial charge in [0.1, 0.15) is 36.6 Å². The zero-order chi connectivity index (χ0) is 36.9. The lowest BCUT2D eigenvalue weighted by Gasteiger charge is -2.39. The van der Waals surface area contributed by atoms with E-state index in [-0.39, 0.29) is 35.6 Å². The molecule has 0 aromatic heterocycles. The number of esters is 1. The van der Waals surface area contributed by atoms with Gasteiger partial charge in [-0.1, -0.05) is 24.1 Å². The number of likely N-dealkylation sites (N-methyl/N-ethyl adjacent to an activating group) is 1. The topological polar surface area (TPSA) is 165 Å². The number of aliphatic hydroxyl groups is 1. The quantitative estimate of drug-likeness (QED) is 0.0827. The Bertz CT molecular complexity index is 2100. The Balaban J connectivity index is 1.37. The normalized spacial score (nSPS) is 24.6. The summed E-state index contributed by atoms with van der Waals surface area (Å²) < 4.78 is 24.7. The molecule has 3 aromatic carbocycles. The number of allylic oxidation sites excluding steroid dienone is 3. The number of dihydropyridines is 1. The Morgan fingerprint density at radius 2 is 2.00 bits per heavy atom. The molecule has 4 bridgehead atoms. The van der Waals surface area contributed by atoms with Crippen molar-refractivity contribution in [1.82, 2.24) is 10.6 Å². The zero-order valence-corrected chi connectivity index (χ0v) is 30.0. The number of phenols is 2. The van der Waals surface area contributed by atoms with E-state index in [0.29, 0.717) is 43.4 Å². The molecule has 1 fully saturated rings. The number of aromatic hydroxyl groups is 2. The number of phenolic OH excluding ortho intramolecular Hbond substituents is 2. The van der Waals surface area contributed by atoms with E-state index in [2.05, 4.69) is 34.6 Å². The molecular formula is C42H45N3O8. The van der Waals surface area contributed by atoms with Crippen LogP contribution in [-0.4, -0.2) is 61.1 Å². The van der Waals surface area contributed by atoms with E-state index < -0.39 is 18.9 Å². The van der Waals surface area contributed by atoms with Crippen LogP contribution in [0, 0.1) is 17.8 Å². The van der Waals surface area contributed by atoms with Gasteiger partial charge >= 0.3 is 5.97 Å². The van der Waals surface area contributed by atoms with E-state index in [1.54, 1.807) is 12.1 Å². The summed E-state index contributed by atoms with van der Waals surface area (Å²) in [6, 6.07) is 11.0. The van der Waals surface area contributed by atoms with Gasteiger partial charge in [0.15, 0.2) is 18.3 Å². The van der Waals surface area contributed by atoms with Gasteiger partial charge in [0.05, 0.1) is 17.8 Å². The van der Waals surface area contributed by atoms with Crippen LogP contribution in [0.1, 0.15) is 72.4 Å². The number of nitrogens with one attached hydrogen (secondary N) is 2. The van der Waals surface area contributed by atoms with E-state index in [4.69, 9.17) is 24.7 Å². The number of benzene rings is 3. The van der Waals surface area contributed by atoms with Crippen molar-refractivity contribution in [3.05, 3.63) is 87.6 Å². The third kappa shape index (κ3) is 6.35. The molecule has 3 aromatic rings. The van der Waals surface area contributed by atoms with Gasteiger partial charge in [-0.15, -0.1) is 0 Å². The number of carbonyl (C=O) groups is 1. The van der Waals surface area contributed by atoms with Gasteiger partial charge < -0.3 is 50.6 Å². The highest BCUT2D eigenvalue weighted by molar-refractivity contribution is 5.84. The molecular weight excluding hydrogens is 674 g/mol. The first-order valence-electron chi connectivity index (χ1n) is 18.3. The summed E-state index contributed by atoms with van der Waals surface area (Å²) in [5, 5.41) is 38.3. The fourth-order valence-corrected chi connectivity index (χ4v) is 9.19. The van der Waals surface area contributed by atoms with Crippen molar-refractivity contribution < 1.29 is 39.1 Å². The molecule has 5 atom stereocenters. The number of hydrogen-bond donors (Lipinski definition) is 6. The van der Waals surface area contributed by atoms with Gasteiger partial charge in [-0.3, -0.25) is 4.79 Å². The molecule has 1 saturated carbocycles. The average molecular weight is 720 g/mol. The Kier molecular flexibility index (Phi) is 9.23. The first-order chi connectivity index (χ1) is 25.7. The lowest BCUT2D eigenvalue weighted by molar-refractivity contribution is -0.141. The second-order valence-electron chi connectivity index (χ2n) is 14.8. The molecule has 2 aliphatic carbocycles. The van der Waals surface area contributed by atoms with Crippen LogP contribution in [0.15, 0.2) is 59.8 Å². The van der Waals surface area contributed by atoms with Crippen molar-refractivity contribution in [2.45, 2.75) is 69.1 Å². The number of nitrogens with two attached hydrogens (primary N) is 1. The third-order valence-corrected chi connectivity index (χ3v) is 11.4. The van der Waals surface area contributed by atoms with Gasteiger partial charge in [-0.2, -0.15) is 0 Å². The molecule has 1 spiro atoms. The summed E-state index contributed by atoms with van der Waals surface area (Å²) in [6.07, 6.45) is 7.56. The van der Waals surface area contributed by atoms with Crippen LogP contribution in [0.5, 0.6) is 28.7 Å². The standard InChI is InChI=1S/C42H45N3O8/c1-23(47)51-21-32-29-7-8-30-38-27(15-28(48)17-36(38)52-22-46)20-42-11-10-24(19-42)14-26-6-9-37(43)45-33(26)5-3-4-25-16-34(49)35(50-13-12-44-2)18-31(25)40(32)53-41(29)39(30)42/h6-9,15-18,24,32,37,40,44-46,48-49H,4,10-14,19-22,43H2,1-2H3/t24-,32+,37?,40-,42-/m1/s1. The maximum atomic E-state index is 12.3. The fourth-order valence-electron chi connectivity index (χ4n) is 9.19. The van der Waals surface area contributed by atoms with E-state index in [9.17, 15) is 20.1 Å². The SMILES string of the molecule is CNCCOc1cc2c(cc1O)CC#CC1=C(C=CC(N)N1)C[C@H]1CC[C@]3(Cc4cc(O)cc(OCO)c4-c4ccc5c(c43)O[C@H]2[C@H]5COC(C)=O)C1. The first kappa shape index (κ1) is 34.9. The fraction of sp³-hybridized carbons (Fsp3) is 0.405. The van der Waals surface area contributed by atoms with Crippen molar-refractivity contribution in [1.29, 1.82) is 0 Å². The Morgan fingerprint density at radius 1 is 1.13 bits per heavy atom. The van der Waals surface area contributed by atoms with E-state index in [0.717, 1.165) is 81.6 Å². The summed E-state index contributed by atoms with van der Waals surface area (Å²) >= 11 is 0. The molecule has 0 saturated heterocycles. The van der Waals surface area contributed by atoms with E-state index >= 15 is 0 Å². The maximum absolute atomic E-state index is 12.3. The second-order valence-corrected chi connectivity index (χ2v) is 14.8. The van der Waals surface area contributed by atoms with Gasteiger partial charge in [0.2, 0.25) is 0 Å². The molecule has 3 aliphatic heterocycles. The van der Waals surface area contributed by atoms with Crippen molar-refractivity contribution >= 4 is 5.97 Å². The molecule has 53 heavy (non-hydrogen) atoms. The van der Waals surface area contributed by atoms with Crippen molar-refractivity contribution in [3.63, 3.8) is 0 Å². The summed E-state index contributed by atoms with van der Waals surface area (Å²) in [4.78, 5) is 12.3. The highest BCUT2D eigenvalue weighted by atomic mass is 16.6. The van der Waals surface area contributed by atoms with E-state index in [1.165, 1.54) is 6.92 Å². The first-order valence-corrected chi connectivity index (χ1v) is 18.3. The zero-order valence-electron chi connectivity index (χ0n) is 30.0. The Morgan fingerprint density at radius 3 is 2.81 bits per heavy atom. The number of aliphatic hydroxyl groups excluding tert-OH is 1. The van der Waals surface area contributed by atoms with Crippen molar-refractivity contribution in [2.75, 3.05) is 33.6 Å². The number of carbonyl (C=O) groups excluding carboxylic acids is 1. The van der Waals surface area contributed by atoms with Crippen LogP contribution in [0.25, 0.3) is 11.1 Å². The highest BCUT2D eigenvalue weighted by Gasteiger charge is 2.51. The minimum Gasteiger partial charge on any atom is -0.508 e. The second kappa shape index (κ2) is 14.0. The molecule has 276 valence electrons. The maximum Gasteiger partial charge on any atom is 0.302 e. The number of hydrogen-bond acceptors (Lipinski definition) is 11. The number of ether oxygens (including phenoxy) is 4. The minimum atomic E-state index is -0.604. The molecule has 5 aliphatic rings. The summed E-state index contributed by atoms with van der Waals surface area (Å²) in [6.45, 7) is 1.86. The van der Waals surface area contributed by atoms with Gasteiger partial charge in [0, 0.05) is 53.6 Å². The van der Waals surface area contributed by atoms with Crippen molar-refractivity contribution in [3.8, 4) is 51.7 Å². The molecule has 7 N–H and O–H groups in total. The molecule has 8 rings (SSSR count). The van der Waals surface area contributed by atoms with Gasteiger partial charge in [-0.25, -0.2) is 0 Å². The predicted molar refractivity (Wildman–Crippen MR) is 198 cm³/mol. The van der Waals surface area contributed by atoms with Crippen LogP contribution in [0.3, 0.4) is 0 Å². The van der Waals surface area contributed by atoms with Crippen LogP contribution >= 0.6 is 0 Å². The van der Waals surface area contributed by atoms with Crippen LogP contribution < -0.4 is 30.6 Å². The Hall–Kier alpha value is -5.15. The summed E-state index contributed by atoms with van der Waals surface area (Å²) in [5.74, 6) is 7.83. The van der Waals surface area contributed by atoms with Gasteiger partial charge in [0.25, 0.3) is 0 Å². The summed E-state index contributed by atoms with van der Waals surface area (Å²) in [7, 11) is 1.83. The molecule has 1 unspecified atom stereocenters. The predicted octanol–water partition coefficient (Wildman–Crippen LogP) is 4.71. The van der Waals surface area contributed by atoms with Crippen LogP contribution in [0.2, 0.25) is 0 Å². The Labute approximate surface area is 308 Å².